The number of aromatic nitrogens is 2. The van der Waals surface area contributed by atoms with Crippen molar-refractivity contribution in [2.75, 3.05) is 13.7 Å². The van der Waals surface area contributed by atoms with Crippen molar-refractivity contribution in [2.45, 2.75) is 13.0 Å². The summed E-state index contributed by atoms with van der Waals surface area (Å²) in [4.78, 5) is 11.7. The number of aliphatic hydroxyl groups is 1. The molecule has 5 heteroatoms. The van der Waals surface area contributed by atoms with Crippen LogP contribution in [0.25, 0.3) is 0 Å². The molecule has 0 aliphatic rings. The van der Waals surface area contributed by atoms with Gasteiger partial charge in [0.1, 0.15) is 0 Å². The quantitative estimate of drug-likeness (QED) is 0.852. The standard InChI is InChI=1S/C16H16N2O3/c1-21-15-9-10-16(20)18(17-15)12-14-7-5-13(6-8-14)4-2-3-11-19/h5-10,19H,3,11-12H2,1H3. The zero-order valence-corrected chi connectivity index (χ0v) is 11.7. The van der Waals surface area contributed by atoms with E-state index < -0.39 is 0 Å². The number of rotatable bonds is 4. The van der Waals surface area contributed by atoms with E-state index in [9.17, 15) is 4.79 Å². The number of methoxy groups -OCH3 is 1. The van der Waals surface area contributed by atoms with Gasteiger partial charge in [-0.15, -0.1) is 5.10 Å². The van der Waals surface area contributed by atoms with Crippen molar-refractivity contribution < 1.29 is 9.84 Å². The van der Waals surface area contributed by atoms with Gasteiger partial charge in [-0.25, -0.2) is 4.68 Å². The van der Waals surface area contributed by atoms with Gasteiger partial charge in [-0.1, -0.05) is 24.0 Å². The molecule has 1 heterocycles. The molecule has 0 aliphatic heterocycles. The van der Waals surface area contributed by atoms with E-state index in [-0.39, 0.29) is 12.2 Å². The molecule has 0 radical (unpaired) electrons. The lowest BCUT2D eigenvalue weighted by molar-refractivity contribution is 0.305. The lowest BCUT2D eigenvalue weighted by Gasteiger charge is -2.06. The van der Waals surface area contributed by atoms with Gasteiger partial charge in [0.15, 0.2) is 0 Å². The third kappa shape index (κ3) is 4.20. The minimum absolute atomic E-state index is 0.0650. The molecule has 0 spiro atoms. The first-order valence-corrected chi connectivity index (χ1v) is 6.54. The second kappa shape index (κ2) is 7.27. The molecule has 0 bridgehead atoms. The number of aliphatic hydroxyl groups excluding tert-OH is 1. The van der Waals surface area contributed by atoms with Gasteiger partial charge in [-0.3, -0.25) is 4.79 Å². The van der Waals surface area contributed by atoms with E-state index >= 15 is 0 Å². The van der Waals surface area contributed by atoms with Crippen LogP contribution < -0.4 is 10.3 Å². The Kier molecular flexibility index (Phi) is 5.13. The molecule has 0 fully saturated rings. The molecule has 1 N–H and O–H groups in total. The summed E-state index contributed by atoms with van der Waals surface area (Å²) in [5.41, 5.74) is 1.64. The van der Waals surface area contributed by atoms with Crippen LogP contribution in [0, 0.1) is 11.8 Å². The average molecular weight is 284 g/mol. The summed E-state index contributed by atoms with van der Waals surface area (Å²) in [6.45, 7) is 0.440. The Morgan fingerprint density at radius 1 is 1.24 bits per heavy atom. The highest BCUT2D eigenvalue weighted by atomic mass is 16.5. The van der Waals surface area contributed by atoms with Crippen LogP contribution in [0.15, 0.2) is 41.2 Å². The number of ether oxygens (including phenoxy) is 1. The summed E-state index contributed by atoms with van der Waals surface area (Å²) in [5, 5.41) is 12.8. The maximum atomic E-state index is 11.7. The minimum atomic E-state index is -0.178. The van der Waals surface area contributed by atoms with Gasteiger partial charge in [0.05, 0.1) is 20.3 Å². The molecule has 0 saturated carbocycles. The Morgan fingerprint density at radius 2 is 2.00 bits per heavy atom. The van der Waals surface area contributed by atoms with Gasteiger partial charge in [0, 0.05) is 24.1 Å². The van der Waals surface area contributed by atoms with E-state index in [0.29, 0.717) is 18.8 Å². The van der Waals surface area contributed by atoms with Crippen molar-refractivity contribution in [3.8, 4) is 17.7 Å². The summed E-state index contributed by atoms with van der Waals surface area (Å²) < 4.78 is 6.36. The Labute approximate surface area is 122 Å². The van der Waals surface area contributed by atoms with Gasteiger partial charge >= 0.3 is 0 Å². The van der Waals surface area contributed by atoms with Gasteiger partial charge in [-0.05, 0) is 17.7 Å². The van der Waals surface area contributed by atoms with Gasteiger partial charge in [0.2, 0.25) is 5.88 Å². The maximum Gasteiger partial charge on any atom is 0.267 e. The summed E-state index contributed by atoms with van der Waals surface area (Å²) >= 11 is 0. The van der Waals surface area contributed by atoms with Gasteiger partial charge < -0.3 is 9.84 Å². The molecule has 21 heavy (non-hydrogen) atoms. The molecule has 2 aromatic rings. The van der Waals surface area contributed by atoms with Crippen molar-refractivity contribution in [2.24, 2.45) is 0 Å². The van der Waals surface area contributed by atoms with Crippen LogP contribution in [-0.2, 0) is 6.54 Å². The second-order valence-electron chi connectivity index (χ2n) is 4.34. The van der Waals surface area contributed by atoms with E-state index in [1.807, 2.05) is 24.3 Å². The fourth-order valence-electron chi connectivity index (χ4n) is 1.74. The molecular weight excluding hydrogens is 268 g/mol. The third-order valence-electron chi connectivity index (χ3n) is 2.81. The van der Waals surface area contributed by atoms with Crippen LogP contribution >= 0.6 is 0 Å². The SMILES string of the molecule is COc1ccc(=O)n(Cc2ccc(C#CCCO)cc2)n1. The third-order valence-corrected chi connectivity index (χ3v) is 2.81. The van der Waals surface area contributed by atoms with Crippen LogP contribution in [0.4, 0.5) is 0 Å². The predicted octanol–water partition coefficient (Wildman–Crippen LogP) is 1.03. The molecule has 0 saturated heterocycles. The summed E-state index contributed by atoms with van der Waals surface area (Å²) in [5.74, 6) is 6.22. The van der Waals surface area contributed by atoms with E-state index in [1.165, 1.54) is 17.9 Å². The lowest BCUT2D eigenvalue weighted by Crippen LogP contribution is -2.22. The summed E-state index contributed by atoms with van der Waals surface area (Å²) in [7, 11) is 1.51. The highest BCUT2D eigenvalue weighted by Crippen LogP contribution is 2.06. The molecule has 0 unspecified atom stereocenters. The topological polar surface area (TPSA) is 64.3 Å². The van der Waals surface area contributed by atoms with E-state index in [1.54, 1.807) is 6.07 Å². The normalized spacial score (nSPS) is 9.81. The Bertz CT molecular complexity index is 709. The molecule has 5 nitrogen and oxygen atoms in total. The molecular formula is C16H16N2O3. The highest BCUT2D eigenvalue weighted by molar-refractivity contribution is 5.36. The monoisotopic (exact) mass is 284 g/mol. The molecule has 0 amide bonds. The Morgan fingerprint density at radius 3 is 2.67 bits per heavy atom. The Hall–Kier alpha value is -2.58. The van der Waals surface area contributed by atoms with Gasteiger partial charge in [-0.2, -0.15) is 0 Å². The van der Waals surface area contributed by atoms with Crippen molar-refractivity contribution >= 4 is 0 Å². The van der Waals surface area contributed by atoms with E-state index in [0.717, 1.165) is 11.1 Å². The molecule has 108 valence electrons. The molecule has 0 atom stereocenters. The lowest BCUT2D eigenvalue weighted by atomic mass is 10.1. The van der Waals surface area contributed by atoms with Crippen molar-refractivity contribution in [1.29, 1.82) is 0 Å². The average Bonchev–Trinajstić information content (AvgIpc) is 2.51. The second-order valence-corrected chi connectivity index (χ2v) is 4.34. The van der Waals surface area contributed by atoms with Crippen LogP contribution in [0.1, 0.15) is 17.5 Å². The van der Waals surface area contributed by atoms with E-state index in [4.69, 9.17) is 9.84 Å². The molecule has 1 aromatic heterocycles. The first kappa shape index (κ1) is 14.8. The minimum Gasteiger partial charge on any atom is -0.480 e. The van der Waals surface area contributed by atoms with Crippen LogP contribution in [0.5, 0.6) is 5.88 Å². The van der Waals surface area contributed by atoms with Crippen molar-refractivity contribution in [3.05, 3.63) is 57.9 Å². The maximum absolute atomic E-state index is 11.7. The van der Waals surface area contributed by atoms with E-state index in [2.05, 4.69) is 16.9 Å². The highest BCUT2D eigenvalue weighted by Gasteiger charge is 2.02. The number of benzene rings is 1. The summed E-state index contributed by atoms with van der Waals surface area (Å²) in [6.07, 6.45) is 0.463. The first-order valence-electron chi connectivity index (χ1n) is 6.54. The fraction of sp³-hybridized carbons (Fsp3) is 0.250. The van der Waals surface area contributed by atoms with Crippen molar-refractivity contribution in [3.63, 3.8) is 0 Å². The zero-order valence-electron chi connectivity index (χ0n) is 11.7. The number of hydrogen-bond acceptors (Lipinski definition) is 4. The predicted molar refractivity (Wildman–Crippen MR) is 79.2 cm³/mol. The molecule has 0 aliphatic carbocycles. The van der Waals surface area contributed by atoms with Crippen LogP contribution in [-0.4, -0.2) is 28.6 Å². The van der Waals surface area contributed by atoms with Crippen LogP contribution in [0.3, 0.4) is 0 Å². The fourth-order valence-corrected chi connectivity index (χ4v) is 1.74. The Balaban J connectivity index is 2.14. The largest absolute Gasteiger partial charge is 0.480 e. The molecule has 2 rings (SSSR count). The smallest absolute Gasteiger partial charge is 0.267 e. The van der Waals surface area contributed by atoms with Crippen LogP contribution in [0.2, 0.25) is 0 Å². The molecule has 1 aromatic carbocycles. The summed E-state index contributed by atoms with van der Waals surface area (Å²) in [6, 6.07) is 10.5. The number of hydrogen-bond donors (Lipinski definition) is 1. The van der Waals surface area contributed by atoms with Crippen molar-refractivity contribution in [1.82, 2.24) is 9.78 Å². The zero-order chi connectivity index (χ0) is 15.1. The number of nitrogens with zero attached hydrogens (tertiary/aromatic N) is 2. The van der Waals surface area contributed by atoms with Gasteiger partial charge in [0.25, 0.3) is 5.56 Å². The first-order chi connectivity index (χ1) is 10.2.